The number of hydrogen-bond donors (Lipinski definition) is 1. The summed E-state index contributed by atoms with van der Waals surface area (Å²) in [6, 6.07) is 10.8. The van der Waals surface area contributed by atoms with Crippen LogP contribution in [0.3, 0.4) is 0 Å². The number of benzene rings is 3. The maximum atomic E-state index is 11.7. The van der Waals surface area contributed by atoms with E-state index in [1.165, 1.54) is 25.2 Å². The summed E-state index contributed by atoms with van der Waals surface area (Å²) in [6.07, 6.45) is 0.743. The third-order valence-electron chi connectivity index (χ3n) is 4.79. The van der Waals surface area contributed by atoms with Gasteiger partial charge in [-0.25, -0.2) is 0 Å². The van der Waals surface area contributed by atoms with Crippen molar-refractivity contribution in [1.29, 1.82) is 0 Å². The summed E-state index contributed by atoms with van der Waals surface area (Å²) in [6.45, 7) is 0.167. The number of nitrogens with zero attached hydrogens (tertiary/aromatic N) is 1. The van der Waals surface area contributed by atoms with Crippen molar-refractivity contribution in [3.8, 4) is 39.9 Å². The van der Waals surface area contributed by atoms with Crippen molar-refractivity contribution in [3.05, 3.63) is 36.4 Å². The summed E-state index contributed by atoms with van der Waals surface area (Å²) >= 11 is 0. The number of aromatic hydroxyl groups is 1. The Kier molecular flexibility index (Phi) is 4.35. The number of phenols is 1. The Hall–Kier alpha value is -3.61. The lowest BCUT2D eigenvalue weighted by Gasteiger charge is -2.21. The number of rotatable bonds is 5. The SMILES string of the molecule is COc1cc(-c2ccc3cc4c(cc3c2N(C)C=O)OCO4)c(OC)cc1O. The Morgan fingerprint density at radius 3 is 2.39 bits per heavy atom. The van der Waals surface area contributed by atoms with Crippen LogP contribution in [-0.2, 0) is 4.79 Å². The highest BCUT2D eigenvalue weighted by molar-refractivity contribution is 6.07. The van der Waals surface area contributed by atoms with Gasteiger partial charge in [0, 0.05) is 29.6 Å². The molecule has 7 heteroatoms. The maximum Gasteiger partial charge on any atom is 0.231 e. The number of anilines is 1. The van der Waals surface area contributed by atoms with Crippen molar-refractivity contribution in [2.45, 2.75) is 0 Å². The first-order chi connectivity index (χ1) is 13.6. The van der Waals surface area contributed by atoms with Crippen molar-refractivity contribution in [2.24, 2.45) is 0 Å². The molecule has 1 aliphatic rings. The minimum absolute atomic E-state index is 0.0300. The van der Waals surface area contributed by atoms with Crippen LogP contribution < -0.4 is 23.8 Å². The molecule has 1 heterocycles. The smallest absolute Gasteiger partial charge is 0.231 e. The third-order valence-corrected chi connectivity index (χ3v) is 4.79. The van der Waals surface area contributed by atoms with Crippen LogP contribution in [0.4, 0.5) is 5.69 Å². The van der Waals surface area contributed by atoms with E-state index in [1.807, 2.05) is 24.3 Å². The molecule has 7 nitrogen and oxygen atoms in total. The van der Waals surface area contributed by atoms with Gasteiger partial charge in [0.1, 0.15) is 5.75 Å². The molecule has 28 heavy (non-hydrogen) atoms. The highest BCUT2D eigenvalue weighted by Crippen LogP contribution is 2.47. The predicted octanol–water partition coefficient (Wildman–Crippen LogP) is 3.55. The molecule has 0 atom stereocenters. The highest BCUT2D eigenvalue weighted by atomic mass is 16.7. The summed E-state index contributed by atoms with van der Waals surface area (Å²) in [5, 5.41) is 11.8. The first-order valence-corrected chi connectivity index (χ1v) is 8.57. The van der Waals surface area contributed by atoms with Gasteiger partial charge in [-0.1, -0.05) is 12.1 Å². The van der Waals surface area contributed by atoms with Gasteiger partial charge in [0.05, 0.1) is 19.9 Å². The zero-order valence-corrected chi connectivity index (χ0v) is 15.7. The zero-order valence-electron chi connectivity index (χ0n) is 15.7. The standard InChI is InChI=1S/C21H19NO6/c1-22(10-23)21-13(15-8-18(26-3)16(24)9-17(15)25-2)5-4-12-6-19-20(7-14(12)21)28-11-27-19/h4-10,24H,11H2,1-3H3. The molecule has 0 saturated heterocycles. The summed E-state index contributed by atoms with van der Waals surface area (Å²) in [7, 11) is 4.68. The average Bonchev–Trinajstić information content (AvgIpc) is 3.17. The average molecular weight is 381 g/mol. The van der Waals surface area contributed by atoms with Crippen LogP contribution in [0, 0.1) is 0 Å². The number of methoxy groups -OCH3 is 2. The summed E-state index contributed by atoms with van der Waals surface area (Å²) in [5.74, 6) is 2.03. The van der Waals surface area contributed by atoms with E-state index in [0.717, 1.165) is 22.7 Å². The maximum absolute atomic E-state index is 11.7. The summed E-state index contributed by atoms with van der Waals surface area (Å²) in [4.78, 5) is 13.2. The fourth-order valence-corrected chi connectivity index (χ4v) is 3.44. The van der Waals surface area contributed by atoms with E-state index < -0.39 is 0 Å². The molecular weight excluding hydrogens is 362 g/mol. The molecule has 1 N–H and O–H groups in total. The Morgan fingerprint density at radius 1 is 1.00 bits per heavy atom. The molecule has 0 aromatic heterocycles. The Bertz CT molecular complexity index is 1080. The Morgan fingerprint density at radius 2 is 1.71 bits per heavy atom. The minimum atomic E-state index is -0.0300. The fraction of sp³-hybridized carbons (Fsp3) is 0.190. The van der Waals surface area contributed by atoms with Crippen LogP contribution in [-0.4, -0.2) is 39.6 Å². The quantitative estimate of drug-likeness (QED) is 0.681. The molecule has 0 saturated carbocycles. The lowest BCUT2D eigenvalue weighted by atomic mass is 9.96. The van der Waals surface area contributed by atoms with E-state index in [4.69, 9.17) is 18.9 Å². The Labute approximate surface area is 161 Å². The molecule has 0 fully saturated rings. The lowest BCUT2D eigenvalue weighted by Crippen LogP contribution is -2.15. The predicted molar refractivity (Wildman–Crippen MR) is 105 cm³/mol. The number of carbonyl (C=O) groups excluding carboxylic acids is 1. The zero-order chi connectivity index (χ0) is 19.8. The van der Waals surface area contributed by atoms with Gasteiger partial charge < -0.3 is 29.0 Å². The summed E-state index contributed by atoms with van der Waals surface area (Å²) in [5.41, 5.74) is 2.10. The number of phenolic OH excluding ortho intramolecular Hbond substituents is 1. The number of hydrogen-bond acceptors (Lipinski definition) is 6. The van der Waals surface area contributed by atoms with Gasteiger partial charge in [-0.3, -0.25) is 4.79 Å². The van der Waals surface area contributed by atoms with Gasteiger partial charge in [-0.15, -0.1) is 0 Å². The molecule has 1 aliphatic heterocycles. The van der Waals surface area contributed by atoms with E-state index in [9.17, 15) is 9.90 Å². The van der Waals surface area contributed by atoms with Crippen LogP contribution in [0.5, 0.6) is 28.7 Å². The second-order valence-electron chi connectivity index (χ2n) is 6.33. The second kappa shape index (κ2) is 6.84. The number of carbonyl (C=O) groups is 1. The normalized spacial score (nSPS) is 12.1. The first-order valence-electron chi connectivity index (χ1n) is 8.57. The van der Waals surface area contributed by atoms with E-state index in [2.05, 4.69) is 0 Å². The van der Waals surface area contributed by atoms with Crippen molar-refractivity contribution in [2.75, 3.05) is 33.0 Å². The van der Waals surface area contributed by atoms with E-state index in [-0.39, 0.29) is 12.5 Å². The van der Waals surface area contributed by atoms with Crippen LogP contribution in [0.25, 0.3) is 21.9 Å². The van der Waals surface area contributed by atoms with Crippen LogP contribution in [0.15, 0.2) is 36.4 Å². The number of ether oxygens (including phenoxy) is 4. The molecule has 0 spiro atoms. The first kappa shape index (κ1) is 17.8. The monoisotopic (exact) mass is 381 g/mol. The molecular formula is C21H19NO6. The largest absolute Gasteiger partial charge is 0.504 e. The van der Waals surface area contributed by atoms with Crippen LogP contribution in [0.2, 0.25) is 0 Å². The van der Waals surface area contributed by atoms with Crippen molar-refractivity contribution >= 4 is 22.9 Å². The molecule has 3 aromatic carbocycles. The van der Waals surface area contributed by atoms with Crippen molar-refractivity contribution < 1.29 is 28.8 Å². The van der Waals surface area contributed by atoms with E-state index >= 15 is 0 Å². The van der Waals surface area contributed by atoms with Gasteiger partial charge >= 0.3 is 0 Å². The fourth-order valence-electron chi connectivity index (χ4n) is 3.44. The van der Waals surface area contributed by atoms with E-state index in [0.29, 0.717) is 34.2 Å². The van der Waals surface area contributed by atoms with Gasteiger partial charge in [-0.05, 0) is 23.6 Å². The van der Waals surface area contributed by atoms with Crippen molar-refractivity contribution in [1.82, 2.24) is 0 Å². The van der Waals surface area contributed by atoms with Crippen LogP contribution in [0.1, 0.15) is 0 Å². The third kappa shape index (κ3) is 2.72. The molecule has 0 bridgehead atoms. The van der Waals surface area contributed by atoms with E-state index in [1.54, 1.807) is 13.1 Å². The molecule has 3 aromatic rings. The number of amides is 1. The van der Waals surface area contributed by atoms with Gasteiger partial charge in [0.2, 0.25) is 13.2 Å². The van der Waals surface area contributed by atoms with Crippen molar-refractivity contribution in [3.63, 3.8) is 0 Å². The van der Waals surface area contributed by atoms with Gasteiger partial charge in [0.15, 0.2) is 23.0 Å². The highest BCUT2D eigenvalue weighted by Gasteiger charge is 2.22. The molecule has 0 radical (unpaired) electrons. The minimum Gasteiger partial charge on any atom is -0.504 e. The molecule has 144 valence electrons. The molecule has 0 aliphatic carbocycles. The molecule has 0 unspecified atom stereocenters. The molecule has 1 amide bonds. The molecule has 4 rings (SSSR count). The Balaban J connectivity index is 2.05. The second-order valence-corrected chi connectivity index (χ2v) is 6.33. The number of fused-ring (bicyclic) bond motifs is 2. The van der Waals surface area contributed by atoms with Gasteiger partial charge in [0.25, 0.3) is 0 Å². The topological polar surface area (TPSA) is 77.5 Å². The lowest BCUT2D eigenvalue weighted by molar-refractivity contribution is -0.107. The van der Waals surface area contributed by atoms with Gasteiger partial charge in [-0.2, -0.15) is 0 Å². The van der Waals surface area contributed by atoms with Crippen LogP contribution >= 0.6 is 0 Å². The summed E-state index contributed by atoms with van der Waals surface area (Å²) < 4.78 is 21.7.